The van der Waals surface area contributed by atoms with Crippen molar-refractivity contribution in [1.82, 2.24) is 20.0 Å². The summed E-state index contributed by atoms with van der Waals surface area (Å²) in [5.74, 6) is 1.49. The molecule has 1 saturated heterocycles. The summed E-state index contributed by atoms with van der Waals surface area (Å²) in [6.45, 7) is 8.08. The molecule has 1 unspecified atom stereocenters. The maximum absolute atomic E-state index is 11.8. The van der Waals surface area contributed by atoms with Gasteiger partial charge in [0, 0.05) is 32.7 Å². The molecule has 1 aliphatic rings. The van der Waals surface area contributed by atoms with Crippen LogP contribution in [0.3, 0.4) is 0 Å². The Labute approximate surface area is 120 Å². The number of likely N-dealkylation sites (tertiary alicyclic amines) is 1. The molecule has 2 rings (SSSR count). The van der Waals surface area contributed by atoms with Gasteiger partial charge in [0.2, 0.25) is 0 Å². The van der Waals surface area contributed by atoms with Gasteiger partial charge in [0.25, 0.3) is 0 Å². The van der Waals surface area contributed by atoms with E-state index in [1.807, 2.05) is 20.0 Å². The predicted molar refractivity (Wildman–Crippen MR) is 79.8 cm³/mol. The van der Waals surface area contributed by atoms with Gasteiger partial charge in [-0.1, -0.05) is 6.92 Å². The average Bonchev–Trinajstić information content (AvgIpc) is 2.68. The van der Waals surface area contributed by atoms with E-state index in [2.05, 4.69) is 27.6 Å². The van der Waals surface area contributed by atoms with E-state index in [1.54, 1.807) is 4.68 Å². The first-order chi connectivity index (χ1) is 9.54. The summed E-state index contributed by atoms with van der Waals surface area (Å²) in [7, 11) is 1.82. The van der Waals surface area contributed by atoms with Gasteiger partial charge in [-0.2, -0.15) is 5.10 Å². The number of amides is 2. The van der Waals surface area contributed by atoms with Crippen molar-refractivity contribution in [3.05, 3.63) is 11.8 Å². The highest BCUT2D eigenvalue weighted by Gasteiger charge is 2.15. The van der Waals surface area contributed by atoms with Crippen molar-refractivity contribution in [3.63, 3.8) is 0 Å². The molecule has 0 saturated carbocycles. The van der Waals surface area contributed by atoms with Crippen LogP contribution < -0.4 is 10.6 Å². The first-order valence-corrected chi connectivity index (χ1v) is 7.32. The Morgan fingerprint density at radius 1 is 1.55 bits per heavy atom. The third-order valence-electron chi connectivity index (χ3n) is 3.70. The number of carbonyl (C=O) groups is 1. The molecule has 2 N–H and O–H groups in total. The van der Waals surface area contributed by atoms with Gasteiger partial charge in [-0.25, -0.2) is 4.79 Å². The van der Waals surface area contributed by atoms with E-state index in [0.29, 0.717) is 12.4 Å². The minimum Gasteiger partial charge on any atom is -0.337 e. The Balaban J connectivity index is 1.69. The molecule has 1 aliphatic heterocycles. The van der Waals surface area contributed by atoms with Crippen molar-refractivity contribution in [2.75, 3.05) is 31.5 Å². The predicted octanol–water partition coefficient (Wildman–Crippen LogP) is 1.58. The average molecular weight is 279 g/mol. The lowest BCUT2D eigenvalue weighted by atomic mass is 10.0. The maximum atomic E-state index is 11.8. The lowest BCUT2D eigenvalue weighted by Gasteiger charge is -2.30. The van der Waals surface area contributed by atoms with Gasteiger partial charge >= 0.3 is 6.03 Å². The van der Waals surface area contributed by atoms with Crippen molar-refractivity contribution in [3.8, 4) is 0 Å². The van der Waals surface area contributed by atoms with Crippen LogP contribution in [-0.2, 0) is 7.05 Å². The Morgan fingerprint density at radius 3 is 3.00 bits per heavy atom. The fourth-order valence-corrected chi connectivity index (χ4v) is 2.71. The summed E-state index contributed by atoms with van der Waals surface area (Å²) in [5, 5.41) is 9.90. The molecule has 2 heterocycles. The maximum Gasteiger partial charge on any atom is 0.320 e. The molecule has 0 bridgehead atoms. The van der Waals surface area contributed by atoms with Crippen LogP contribution >= 0.6 is 0 Å². The lowest BCUT2D eigenvalue weighted by molar-refractivity contribution is 0.184. The number of anilines is 1. The summed E-state index contributed by atoms with van der Waals surface area (Å²) < 4.78 is 1.67. The van der Waals surface area contributed by atoms with Crippen LogP contribution in [-0.4, -0.2) is 46.9 Å². The van der Waals surface area contributed by atoms with Gasteiger partial charge in [-0.05, 0) is 32.2 Å². The number of nitrogens with zero attached hydrogens (tertiary/aromatic N) is 3. The zero-order chi connectivity index (χ0) is 14.5. The highest BCUT2D eigenvalue weighted by Crippen LogP contribution is 2.14. The minimum absolute atomic E-state index is 0.168. The molecular weight excluding hydrogens is 254 g/mol. The third kappa shape index (κ3) is 4.23. The summed E-state index contributed by atoms with van der Waals surface area (Å²) >= 11 is 0. The Morgan fingerprint density at radius 2 is 2.35 bits per heavy atom. The molecule has 0 aromatic carbocycles. The zero-order valence-electron chi connectivity index (χ0n) is 12.6. The second kappa shape index (κ2) is 6.74. The van der Waals surface area contributed by atoms with E-state index < -0.39 is 0 Å². The molecule has 1 atom stereocenters. The molecular formula is C14H25N5O. The van der Waals surface area contributed by atoms with Gasteiger partial charge in [-0.15, -0.1) is 0 Å². The van der Waals surface area contributed by atoms with Gasteiger partial charge in [-0.3, -0.25) is 10.00 Å². The summed E-state index contributed by atoms with van der Waals surface area (Å²) in [6.07, 6.45) is 2.59. The molecule has 6 nitrogen and oxygen atoms in total. The van der Waals surface area contributed by atoms with Crippen LogP contribution in [0.1, 0.15) is 25.5 Å². The lowest BCUT2D eigenvalue weighted by Crippen LogP contribution is -2.41. The molecule has 20 heavy (non-hydrogen) atoms. The van der Waals surface area contributed by atoms with Gasteiger partial charge in [0.15, 0.2) is 0 Å². The normalized spacial score (nSPS) is 19.9. The molecule has 1 aromatic rings. The van der Waals surface area contributed by atoms with Gasteiger partial charge in [0.05, 0.1) is 5.69 Å². The first-order valence-electron chi connectivity index (χ1n) is 7.32. The molecule has 1 aromatic heterocycles. The van der Waals surface area contributed by atoms with E-state index in [1.165, 1.54) is 12.8 Å². The number of piperidine rings is 1. The second-order valence-corrected chi connectivity index (χ2v) is 5.72. The molecule has 0 spiro atoms. The van der Waals surface area contributed by atoms with Crippen LogP contribution in [0.2, 0.25) is 0 Å². The highest BCUT2D eigenvalue weighted by molar-refractivity contribution is 5.88. The standard InChI is InChI=1S/C14H25N5O/c1-11-5-4-7-19(10-11)8-6-15-14(20)16-13-9-12(2)17-18(13)3/h9,11H,4-8,10H2,1-3H3,(H2,15,16,20). The first kappa shape index (κ1) is 14.8. The van der Waals surface area contributed by atoms with Crippen molar-refractivity contribution >= 4 is 11.8 Å². The number of urea groups is 1. The number of carbonyl (C=O) groups excluding carboxylic acids is 1. The largest absolute Gasteiger partial charge is 0.337 e. The van der Waals surface area contributed by atoms with E-state index >= 15 is 0 Å². The van der Waals surface area contributed by atoms with Crippen LogP contribution in [0.4, 0.5) is 10.6 Å². The van der Waals surface area contributed by atoms with E-state index in [-0.39, 0.29) is 6.03 Å². The number of nitrogens with one attached hydrogen (secondary N) is 2. The number of rotatable bonds is 4. The second-order valence-electron chi connectivity index (χ2n) is 5.72. The molecule has 0 radical (unpaired) electrons. The van der Waals surface area contributed by atoms with Crippen LogP contribution in [0.15, 0.2) is 6.07 Å². The fraction of sp³-hybridized carbons (Fsp3) is 0.714. The Hall–Kier alpha value is -1.56. The summed E-state index contributed by atoms with van der Waals surface area (Å²) in [6, 6.07) is 1.68. The van der Waals surface area contributed by atoms with E-state index in [4.69, 9.17) is 0 Å². The minimum atomic E-state index is -0.168. The topological polar surface area (TPSA) is 62.2 Å². The Bertz CT molecular complexity index is 456. The zero-order valence-corrected chi connectivity index (χ0v) is 12.6. The van der Waals surface area contributed by atoms with Gasteiger partial charge in [0.1, 0.15) is 5.82 Å². The number of hydrogen-bond acceptors (Lipinski definition) is 3. The van der Waals surface area contributed by atoms with E-state index in [9.17, 15) is 4.79 Å². The molecule has 1 fully saturated rings. The summed E-state index contributed by atoms with van der Waals surface area (Å²) in [4.78, 5) is 14.2. The third-order valence-corrected chi connectivity index (χ3v) is 3.70. The van der Waals surface area contributed by atoms with Crippen LogP contribution in [0, 0.1) is 12.8 Å². The number of hydrogen-bond donors (Lipinski definition) is 2. The summed E-state index contributed by atoms with van der Waals surface area (Å²) in [5.41, 5.74) is 0.894. The van der Waals surface area contributed by atoms with Crippen molar-refractivity contribution in [2.45, 2.75) is 26.7 Å². The smallest absolute Gasteiger partial charge is 0.320 e. The highest BCUT2D eigenvalue weighted by atomic mass is 16.2. The monoisotopic (exact) mass is 279 g/mol. The quantitative estimate of drug-likeness (QED) is 0.879. The van der Waals surface area contributed by atoms with E-state index in [0.717, 1.165) is 31.2 Å². The molecule has 2 amide bonds. The van der Waals surface area contributed by atoms with Crippen molar-refractivity contribution in [2.24, 2.45) is 13.0 Å². The van der Waals surface area contributed by atoms with Gasteiger partial charge < -0.3 is 10.2 Å². The van der Waals surface area contributed by atoms with Crippen molar-refractivity contribution < 1.29 is 4.79 Å². The van der Waals surface area contributed by atoms with Crippen molar-refractivity contribution in [1.29, 1.82) is 0 Å². The van der Waals surface area contributed by atoms with Crippen LogP contribution in [0.25, 0.3) is 0 Å². The Kier molecular flexibility index (Phi) is 5.00. The fourth-order valence-electron chi connectivity index (χ4n) is 2.71. The molecule has 0 aliphatic carbocycles. The number of aromatic nitrogens is 2. The molecule has 112 valence electrons. The van der Waals surface area contributed by atoms with Crippen LogP contribution in [0.5, 0.6) is 0 Å². The molecule has 6 heteroatoms. The SMILES string of the molecule is Cc1cc(NC(=O)NCCN2CCCC(C)C2)n(C)n1. The number of aryl methyl sites for hydroxylation is 2.